The third kappa shape index (κ3) is 8.54. The minimum Gasteiger partial charge on any atom is -0.508 e. The first-order valence-corrected chi connectivity index (χ1v) is 13.4. The summed E-state index contributed by atoms with van der Waals surface area (Å²) in [5, 5.41) is 27.3. The second kappa shape index (κ2) is 14.1. The summed E-state index contributed by atoms with van der Waals surface area (Å²) in [6, 6.07) is 8.57. The number of primary amides is 1. The van der Waals surface area contributed by atoms with Crippen molar-refractivity contribution in [2.75, 3.05) is 0 Å². The molecule has 0 saturated heterocycles. The highest BCUT2D eigenvalue weighted by atomic mass is 16.4. The van der Waals surface area contributed by atoms with E-state index in [4.69, 9.17) is 11.5 Å². The lowest BCUT2D eigenvalue weighted by Crippen LogP contribution is -2.59. The smallest absolute Gasteiger partial charge is 0.326 e. The predicted molar refractivity (Wildman–Crippen MR) is 154 cm³/mol. The number of nitrogens with two attached hydrogens (primary N) is 2. The van der Waals surface area contributed by atoms with Gasteiger partial charge < -0.3 is 42.6 Å². The number of hydrogen-bond acceptors (Lipinski definition) is 7. The molecule has 1 heterocycles. The average molecular weight is 581 g/mol. The highest BCUT2D eigenvalue weighted by Gasteiger charge is 2.32. The molecule has 10 N–H and O–H groups in total. The lowest BCUT2D eigenvalue weighted by atomic mass is 9.99. The quantitative estimate of drug-likeness (QED) is 0.130. The number of aromatic amines is 1. The van der Waals surface area contributed by atoms with Crippen LogP contribution in [0.5, 0.6) is 5.75 Å². The molecule has 0 radical (unpaired) electrons. The molecule has 13 nitrogen and oxygen atoms in total. The number of rotatable bonds is 14. The van der Waals surface area contributed by atoms with Crippen molar-refractivity contribution in [2.24, 2.45) is 17.4 Å². The summed E-state index contributed by atoms with van der Waals surface area (Å²) in [6.07, 6.45) is 1.17. The number of phenols is 1. The first-order chi connectivity index (χ1) is 19.8. The molecule has 4 unspecified atom stereocenters. The van der Waals surface area contributed by atoms with E-state index in [1.165, 1.54) is 12.1 Å². The van der Waals surface area contributed by atoms with Crippen LogP contribution in [0.25, 0.3) is 10.9 Å². The van der Waals surface area contributed by atoms with Gasteiger partial charge in [-0.1, -0.05) is 44.2 Å². The Kier molecular flexibility index (Phi) is 10.6. The van der Waals surface area contributed by atoms with Gasteiger partial charge in [0.1, 0.15) is 23.9 Å². The van der Waals surface area contributed by atoms with E-state index in [9.17, 15) is 34.2 Å². The Balaban J connectivity index is 1.80. The summed E-state index contributed by atoms with van der Waals surface area (Å²) in [4.78, 5) is 65.8. The predicted octanol–water partition coefficient (Wildman–Crippen LogP) is 0.0564. The van der Waals surface area contributed by atoms with Crippen LogP contribution in [-0.4, -0.2) is 69.0 Å². The lowest BCUT2D eigenvalue weighted by molar-refractivity contribution is -0.143. The molecule has 4 atom stereocenters. The van der Waals surface area contributed by atoms with Crippen molar-refractivity contribution in [3.63, 3.8) is 0 Å². The van der Waals surface area contributed by atoms with Crippen LogP contribution < -0.4 is 27.4 Å². The average Bonchev–Trinajstić information content (AvgIpc) is 3.34. The summed E-state index contributed by atoms with van der Waals surface area (Å²) in [7, 11) is 0. The van der Waals surface area contributed by atoms with Crippen molar-refractivity contribution in [1.82, 2.24) is 20.9 Å². The molecule has 3 aromatic rings. The Morgan fingerprint density at radius 1 is 0.857 bits per heavy atom. The number of aliphatic carboxylic acids is 1. The topological polar surface area (TPSA) is 230 Å². The van der Waals surface area contributed by atoms with Crippen molar-refractivity contribution < 1.29 is 34.2 Å². The van der Waals surface area contributed by atoms with E-state index in [1.807, 2.05) is 24.3 Å². The minimum absolute atomic E-state index is 0.0242. The zero-order valence-corrected chi connectivity index (χ0v) is 23.3. The molecule has 42 heavy (non-hydrogen) atoms. The van der Waals surface area contributed by atoms with Crippen LogP contribution in [-0.2, 0) is 36.8 Å². The summed E-state index contributed by atoms with van der Waals surface area (Å²) in [5.41, 5.74) is 13.4. The lowest BCUT2D eigenvalue weighted by Gasteiger charge is -2.27. The molecule has 3 rings (SSSR count). The van der Waals surface area contributed by atoms with Crippen molar-refractivity contribution in [2.45, 2.75) is 57.3 Å². The molecule has 0 aliphatic carbocycles. The van der Waals surface area contributed by atoms with Gasteiger partial charge in [-0.25, -0.2) is 4.79 Å². The number of H-pyrrole nitrogens is 1. The van der Waals surface area contributed by atoms with Gasteiger partial charge in [0.25, 0.3) is 0 Å². The first-order valence-electron chi connectivity index (χ1n) is 13.4. The number of carboxylic acid groups (broad SMARTS) is 1. The Labute approximate surface area is 242 Å². The van der Waals surface area contributed by atoms with E-state index in [0.29, 0.717) is 11.1 Å². The molecule has 0 aliphatic rings. The molecule has 1 aromatic heterocycles. The van der Waals surface area contributed by atoms with Crippen LogP contribution in [0.1, 0.15) is 31.4 Å². The number of carboxylic acids is 1. The number of phenolic OH excluding ortho intramolecular Hbond substituents is 1. The molecule has 0 saturated carbocycles. The number of amides is 4. The van der Waals surface area contributed by atoms with Gasteiger partial charge in [0.2, 0.25) is 23.6 Å². The maximum Gasteiger partial charge on any atom is 0.326 e. The van der Waals surface area contributed by atoms with Gasteiger partial charge in [0, 0.05) is 23.5 Å². The summed E-state index contributed by atoms with van der Waals surface area (Å²) >= 11 is 0. The fourth-order valence-electron chi connectivity index (χ4n) is 4.44. The van der Waals surface area contributed by atoms with Gasteiger partial charge in [-0.3, -0.25) is 19.2 Å². The fraction of sp³-hybridized carbons (Fsp3) is 0.345. The summed E-state index contributed by atoms with van der Waals surface area (Å²) in [6.45, 7) is 3.41. The van der Waals surface area contributed by atoms with E-state index < -0.39 is 66.1 Å². The Morgan fingerprint density at radius 2 is 1.50 bits per heavy atom. The number of nitrogens with one attached hydrogen (secondary N) is 4. The Hall–Kier alpha value is -4.91. The van der Waals surface area contributed by atoms with Crippen LogP contribution in [0, 0.1) is 5.92 Å². The van der Waals surface area contributed by atoms with Crippen LogP contribution in [0.4, 0.5) is 0 Å². The maximum atomic E-state index is 13.5. The maximum absolute atomic E-state index is 13.5. The number of fused-ring (bicyclic) bond motifs is 1. The fourth-order valence-corrected chi connectivity index (χ4v) is 4.44. The van der Waals surface area contributed by atoms with Gasteiger partial charge in [-0.15, -0.1) is 0 Å². The molecule has 2 aromatic carbocycles. The number of para-hydroxylation sites is 1. The molecule has 4 amide bonds. The molecule has 0 fully saturated rings. The minimum atomic E-state index is -1.60. The molecule has 0 aliphatic heterocycles. The number of carbonyl (C=O) groups is 5. The van der Waals surface area contributed by atoms with E-state index >= 15 is 0 Å². The Bertz CT molecular complexity index is 1440. The number of aromatic nitrogens is 1. The third-order valence-corrected chi connectivity index (χ3v) is 6.73. The molecule has 13 heteroatoms. The Morgan fingerprint density at radius 3 is 2.12 bits per heavy atom. The van der Waals surface area contributed by atoms with E-state index in [-0.39, 0.29) is 18.6 Å². The number of carbonyl (C=O) groups excluding carboxylic acids is 4. The molecular formula is C29H36N6O7. The van der Waals surface area contributed by atoms with E-state index in [0.717, 1.165) is 10.9 Å². The zero-order chi connectivity index (χ0) is 31.0. The van der Waals surface area contributed by atoms with Gasteiger partial charge in [0.05, 0.1) is 12.5 Å². The van der Waals surface area contributed by atoms with Gasteiger partial charge >= 0.3 is 5.97 Å². The second-order valence-electron chi connectivity index (χ2n) is 10.4. The van der Waals surface area contributed by atoms with Crippen molar-refractivity contribution in [1.29, 1.82) is 0 Å². The molecular weight excluding hydrogens is 544 g/mol. The molecule has 0 bridgehead atoms. The third-order valence-electron chi connectivity index (χ3n) is 6.73. The van der Waals surface area contributed by atoms with Crippen molar-refractivity contribution in [3.05, 3.63) is 65.9 Å². The highest BCUT2D eigenvalue weighted by Crippen LogP contribution is 2.20. The summed E-state index contributed by atoms with van der Waals surface area (Å²) < 4.78 is 0. The van der Waals surface area contributed by atoms with Crippen molar-refractivity contribution >= 4 is 40.5 Å². The second-order valence-corrected chi connectivity index (χ2v) is 10.4. The first kappa shape index (κ1) is 31.6. The number of aromatic hydroxyl groups is 1. The normalized spacial score (nSPS) is 14.0. The highest BCUT2D eigenvalue weighted by molar-refractivity contribution is 5.95. The standard InChI is InChI=1S/C29H36N6O7/c1-15(2)25(35-26(38)20(30)11-16-7-9-18(36)10-8-16)28(40)33-22(27(39)34-23(29(41)42)13-24(31)37)12-17-14-32-21-6-4-3-5-19(17)21/h3-10,14-15,20,22-23,25,32,36H,11-13,30H2,1-2H3,(H2,31,37)(H,33,40)(H,34,39)(H,35,38)(H,41,42). The van der Waals surface area contributed by atoms with Crippen molar-refractivity contribution in [3.8, 4) is 5.75 Å². The largest absolute Gasteiger partial charge is 0.508 e. The van der Waals surface area contributed by atoms with E-state index in [2.05, 4.69) is 20.9 Å². The summed E-state index contributed by atoms with van der Waals surface area (Å²) in [5.74, 6) is -4.85. The molecule has 224 valence electrons. The SMILES string of the molecule is CC(C)C(NC(=O)C(N)Cc1ccc(O)cc1)C(=O)NC(Cc1c[nH]c2ccccc12)C(=O)NC(CC(N)=O)C(=O)O. The monoisotopic (exact) mass is 580 g/mol. The van der Waals surface area contributed by atoms with Crippen LogP contribution in [0.2, 0.25) is 0 Å². The van der Waals surface area contributed by atoms with Crippen LogP contribution in [0.3, 0.4) is 0 Å². The van der Waals surface area contributed by atoms with Crippen LogP contribution >= 0.6 is 0 Å². The number of hydrogen-bond donors (Lipinski definition) is 8. The van der Waals surface area contributed by atoms with Gasteiger partial charge in [-0.05, 0) is 41.7 Å². The van der Waals surface area contributed by atoms with Gasteiger partial charge in [-0.2, -0.15) is 0 Å². The zero-order valence-electron chi connectivity index (χ0n) is 23.3. The molecule has 0 spiro atoms. The van der Waals surface area contributed by atoms with E-state index in [1.54, 1.807) is 32.2 Å². The number of benzene rings is 2. The van der Waals surface area contributed by atoms with Crippen LogP contribution in [0.15, 0.2) is 54.7 Å². The van der Waals surface area contributed by atoms with Gasteiger partial charge in [0.15, 0.2) is 0 Å².